The number of aromatic nitrogens is 3. The van der Waals surface area contributed by atoms with E-state index < -0.39 is 8.32 Å². The Bertz CT molecular complexity index is 1510. The number of hydrogen-bond acceptors (Lipinski definition) is 5. The maximum absolute atomic E-state index is 6.66. The van der Waals surface area contributed by atoms with Gasteiger partial charge in [-0.05, 0) is 60.3 Å². The van der Waals surface area contributed by atoms with Gasteiger partial charge in [0, 0.05) is 34.5 Å². The van der Waals surface area contributed by atoms with Gasteiger partial charge in [0.15, 0.2) is 17.2 Å². The third kappa shape index (κ3) is 4.32. The average Bonchev–Trinajstić information content (AvgIpc) is 3.43. The number of imidazole rings is 1. The van der Waals surface area contributed by atoms with Crippen molar-refractivity contribution < 1.29 is 8.84 Å². The zero-order valence-electron chi connectivity index (χ0n) is 21.2. The molecule has 0 saturated heterocycles. The zero-order valence-corrected chi connectivity index (χ0v) is 22.2. The van der Waals surface area contributed by atoms with Crippen molar-refractivity contribution >= 4 is 41.4 Å². The number of nitrogens with one attached hydrogen (secondary N) is 2. The minimum Gasteiger partial charge on any atom is -0.543 e. The van der Waals surface area contributed by atoms with Crippen LogP contribution in [0.1, 0.15) is 33.4 Å². The normalized spacial score (nSPS) is 12.4. The molecule has 35 heavy (non-hydrogen) atoms. The molecule has 5 aromatic rings. The van der Waals surface area contributed by atoms with E-state index in [2.05, 4.69) is 97.5 Å². The Morgan fingerprint density at radius 3 is 2.63 bits per heavy atom. The number of rotatable bonds is 6. The molecule has 3 aromatic heterocycles. The molecule has 2 aromatic carbocycles. The molecule has 0 saturated carbocycles. The third-order valence-electron chi connectivity index (χ3n) is 7.00. The summed E-state index contributed by atoms with van der Waals surface area (Å²) in [5, 5.41) is 6.92. The van der Waals surface area contributed by atoms with Gasteiger partial charge in [0.25, 0.3) is 8.32 Å². The molecule has 0 aliphatic rings. The number of H-pyrrole nitrogens is 1. The molecule has 6 nitrogen and oxygen atoms in total. The molecule has 0 unspecified atom stereocenters. The van der Waals surface area contributed by atoms with Crippen LogP contribution in [0.2, 0.25) is 18.1 Å². The van der Waals surface area contributed by atoms with Crippen molar-refractivity contribution in [2.75, 3.05) is 5.32 Å². The fourth-order valence-corrected chi connectivity index (χ4v) is 4.92. The Morgan fingerprint density at radius 2 is 1.89 bits per heavy atom. The van der Waals surface area contributed by atoms with Gasteiger partial charge < -0.3 is 19.1 Å². The fourth-order valence-electron chi connectivity index (χ4n) is 3.89. The predicted molar refractivity (Wildman–Crippen MR) is 146 cm³/mol. The van der Waals surface area contributed by atoms with Crippen molar-refractivity contribution in [3.63, 3.8) is 0 Å². The summed E-state index contributed by atoms with van der Waals surface area (Å²) in [5.74, 6) is 2.32. The summed E-state index contributed by atoms with van der Waals surface area (Å²) in [6.45, 7) is 13.4. The van der Waals surface area contributed by atoms with Gasteiger partial charge in [0.2, 0.25) is 0 Å². The third-order valence-corrected chi connectivity index (χ3v) is 11.3. The van der Waals surface area contributed by atoms with Crippen LogP contribution in [0.3, 0.4) is 0 Å². The highest BCUT2D eigenvalue weighted by molar-refractivity contribution is 6.74. The topological polar surface area (TPSA) is 76.0 Å². The maximum Gasteiger partial charge on any atom is 0.250 e. The molecule has 5 rings (SSSR count). The lowest BCUT2D eigenvalue weighted by atomic mass is 10.1. The van der Waals surface area contributed by atoms with Crippen LogP contribution < -0.4 is 9.74 Å². The Hall–Kier alpha value is -3.58. The largest absolute Gasteiger partial charge is 0.543 e. The molecule has 0 spiro atoms. The van der Waals surface area contributed by atoms with Crippen LogP contribution in [0, 0.1) is 0 Å². The Balaban J connectivity index is 1.54. The summed E-state index contributed by atoms with van der Waals surface area (Å²) in [4.78, 5) is 12.1. The van der Waals surface area contributed by atoms with E-state index in [4.69, 9.17) is 8.84 Å². The van der Waals surface area contributed by atoms with E-state index in [0.717, 1.165) is 45.4 Å². The number of benzene rings is 2. The molecule has 0 bridgehead atoms. The molecule has 0 aliphatic heterocycles. The highest BCUT2D eigenvalue weighted by atomic mass is 28.4. The number of anilines is 2. The van der Waals surface area contributed by atoms with Crippen molar-refractivity contribution in [2.45, 2.75) is 52.2 Å². The molecule has 0 radical (unpaired) electrons. The molecule has 7 heteroatoms. The molecule has 2 N–H and O–H groups in total. The molecule has 3 heterocycles. The second kappa shape index (κ2) is 8.57. The number of fused-ring (bicyclic) bond motifs is 2. The molecule has 0 atom stereocenters. The number of hydrogen-bond donors (Lipinski definition) is 2. The fraction of sp³-hybridized carbons (Fsp3) is 0.286. The van der Waals surface area contributed by atoms with Crippen LogP contribution in [-0.2, 0) is 6.42 Å². The van der Waals surface area contributed by atoms with E-state index in [1.807, 2.05) is 12.3 Å². The van der Waals surface area contributed by atoms with E-state index >= 15 is 0 Å². The number of nitrogens with zero attached hydrogens (tertiary/aromatic N) is 2. The molecular weight excluding hydrogens is 452 g/mol. The highest BCUT2D eigenvalue weighted by Gasteiger charge is 2.39. The van der Waals surface area contributed by atoms with Gasteiger partial charge in [-0.25, -0.2) is 4.98 Å². The molecule has 180 valence electrons. The van der Waals surface area contributed by atoms with Gasteiger partial charge in [0.1, 0.15) is 5.75 Å². The summed E-state index contributed by atoms with van der Waals surface area (Å²) < 4.78 is 12.8. The van der Waals surface area contributed by atoms with E-state index in [9.17, 15) is 0 Å². The van der Waals surface area contributed by atoms with Gasteiger partial charge in [-0.1, -0.05) is 39.8 Å². The first-order valence-electron chi connectivity index (χ1n) is 12.1. The standard InChI is InChI=1S/C28H32N4O2Si/c1-7-19-16-30-27(32-19)26-25(22-13-14-29-17-24(22)33-26)31-20-11-12-21-18(15-20)9-8-10-23(21)34-35(5,6)28(2,3)4/h8-17,31H,7H2,1-6H3,(H,30,32). The molecular formula is C28H32N4O2Si. The van der Waals surface area contributed by atoms with Gasteiger partial charge in [-0.2, -0.15) is 0 Å². The lowest BCUT2D eigenvalue weighted by molar-refractivity contribution is 0.496. The van der Waals surface area contributed by atoms with Crippen LogP contribution in [-0.4, -0.2) is 23.3 Å². The first-order valence-corrected chi connectivity index (χ1v) is 15.0. The van der Waals surface area contributed by atoms with Gasteiger partial charge in [-0.15, -0.1) is 0 Å². The SMILES string of the molecule is CCc1cnc(-c2oc3cnccc3c2Nc2ccc3c(O[Si](C)(C)C(C)(C)C)cccc3c2)[nH]1. The van der Waals surface area contributed by atoms with E-state index in [1.54, 1.807) is 12.4 Å². The van der Waals surface area contributed by atoms with Crippen molar-refractivity contribution in [1.82, 2.24) is 15.0 Å². The maximum atomic E-state index is 6.66. The molecule has 0 aliphatic carbocycles. The predicted octanol–water partition coefficient (Wildman–Crippen LogP) is 8.06. The first-order chi connectivity index (χ1) is 16.7. The van der Waals surface area contributed by atoms with Crippen LogP contribution in [0.4, 0.5) is 11.4 Å². The van der Waals surface area contributed by atoms with E-state index in [1.165, 1.54) is 0 Å². The minimum atomic E-state index is -1.95. The molecule has 0 fully saturated rings. The second-order valence-electron chi connectivity index (χ2n) is 10.5. The lowest BCUT2D eigenvalue weighted by Gasteiger charge is -2.36. The zero-order chi connectivity index (χ0) is 24.8. The van der Waals surface area contributed by atoms with Gasteiger partial charge >= 0.3 is 0 Å². The summed E-state index contributed by atoms with van der Waals surface area (Å²) in [6, 6.07) is 14.6. The van der Waals surface area contributed by atoms with Crippen molar-refractivity contribution in [3.05, 3.63) is 66.7 Å². The van der Waals surface area contributed by atoms with Crippen LogP contribution in [0.25, 0.3) is 33.3 Å². The average molecular weight is 485 g/mol. The number of aryl methyl sites for hydroxylation is 1. The highest BCUT2D eigenvalue weighted by Crippen LogP contribution is 2.41. The second-order valence-corrected chi connectivity index (χ2v) is 15.2. The summed E-state index contributed by atoms with van der Waals surface area (Å²) in [6.07, 6.45) is 6.24. The van der Waals surface area contributed by atoms with Crippen LogP contribution in [0.5, 0.6) is 5.75 Å². The van der Waals surface area contributed by atoms with Crippen molar-refractivity contribution in [3.8, 4) is 17.3 Å². The lowest BCUT2D eigenvalue weighted by Crippen LogP contribution is -2.43. The van der Waals surface area contributed by atoms with Crippen molar-refractivity contribution in [2.24, 2.45) is 0 Å². The number of aromatic amines is 1. The minimum absolute atomic E-state index is 0.133. The van der Waals surface area contributed by atoms with Gasteiger partial charge in [0.05, 0.1) is 11.9 Å². The Morgan fingerprint density at radius 1 is 1.06 bits per heavy atom. The van der Waals surface area contributed by atoms with Crippen LogP contribution >= 0.6 is 0 Å². The van der Waals surface area contributed by atoms with Gasteiger partial charge in [-0.3, -0.25) is 4.98 Å². The quantitative estimate of drug-likeness (QED) is 0.238. The number of furan rings is 1. The first kappa shape index (κ1) is 23.2. The molecule has 0 amide bonds. The Kier molecular flexibility index (Phi) is 5.67. The Labute approximate surface area is 206 Å². The summed E-state index contributed by atoms with van der Waals surface area (Å²) in [5.41, 5.74) is 3.60. The summed E-state index contributed by atoms with van der Waals surface area (Å²) >= 11 is 0. The van der Waals surface area contributed by atoms with E-state index in [0.29, 0.717) is 17.2 Å². The van der Waals surface area contributed by atoms with Crippen molar-refractivity contribution in [1.29, 1.82) is 0 Å². The summed E-state index contributed by atoms with van der Waals surface area (Å²) in [7, 11) is -1.95. The number of pyridine rings is 1. The monoisotopic (exact) mass is 484 g/mol. The smallest absolute Gasteiger partial charge is 0.250 e. The van der Waals surface area contributed by atoms with E-state index in [-0.39, 0.29) is 5.04 Å². The van der Waals surface area contributed by atoms with Crippen LogP contribution in [0.15, 0.2) is 65.5 Å².